The number of aliphatic hydroxyl groups excluding tert-OH is 2. The fraction of sp³-hybridized carbons (Fsp3) is 0.579. The van der Waals surface area contributed by atoms with Gasteiger partial charge in [0.25, 0.3) is 0 Å². The third-order valence-electron chi connectivity index (χ3n) is 4.83. The highest BCUT2D eigenvalue weighted by Crippen LogP contribution is 2.21. The number of rotatable bonds is 8. The molecule has 0 bridgehead atoms. The van der Waals surface area contributed by atoms with Crippen LogP contribution in [0, 0.1) is 6.92 Å². The lowest BCUT2D eigenvalue weighted by Crippen LogP contribution is -2.50. The summed E-state index contributed by atoms with van der Waals surface area (Å²) in [6.07, 6.45) is 1.16. The Morgan fingerprint density at radius 1 is 0.926 bits per heavy atom. The van der Waals surface area contributed by atoms with E-state index in [9.17, 15) is 19.8 Å². The van der Waals surface area contributed by atoms with Crippen LogP contribution in [0.2, 0.25) is 0 Å². The van der Waals surface area contributed by atoms with Gasteiger partial charge in [0.05, 0.1) is 24.3 Å². The number of hydrogen-bond donors (Lipinski definition) is 6. The van der Waals surface area contributed by atoms with E-state index in [1.165, 1.54) is 0 Å². The van der Waals surface area contributed by atoms with Gasteiger partial charge >= 0.3 is 12.1 Å². The molecule has 0 heterocycles. The minimum Gasteiger partial charge on any atom is -0.394 e. The van der Waals surface area contributed by atoms with Crippen LogP contribution < -0.4 is 21.3 Å². The Labute approximate surface area is 160 Å². The number of carbonyl (C=O) groups is 2. The van der Waals surface area contributed by atoms with Crippen LogP contribution in [-0.4, -0.2) is 46.6 Å². The Hall–Kier alpha value is -2.32. The molecule has 4 amide bonds. The number of nitrogens with one attached hydrogen (secondary N) is 4. The molecule has 1 aromatic rings. The van der Waals surface area contributed by atoms with E-state index in [0.717, 1.165) is 5.56 Å². The maximum Gasteiger partial charge on any atom is 0.319 e. The van der Waals surface area contributed by atoms with Crippen LogP contribution >= 0.6 is 0 Å². The molecule has 0 saturated carbocycles. The van der Waals surface area contributed by atoms with Gasteiger partial charge in [-0.3, -0.25) is 0 Å². The highest BCUT2D eigenvalue weighted by atomic mass is 16.3. The summed E-state index contributed by atoms with van der Waals surface area (Å²) in [5.74, 6) is 0. The molecule has 0 aliphatic carbocycles. The van der Waals surface area contributed by atoms with E-state index in [1.807, 2.05) is 20.8 Å². The summed E-state index contributed by atoms with van der Waals surface area (Å²) in [5, 5.41) is 29.7. The largest absolute Gasteiger partial charge is 0.394 e. The minimum absolute atomic E-state index is 0.168. The molecule has 0 spiro atoms. The van der Waals surface area contributed by atoms with E-state index >= 15 is 0 Å². The highest BCUT2D eigenvalue weighted by molar-refractivity contribution is 5.94. The van der Waals surface area contributed by atoms with Gasteiger partial charge in [-0.1, -0.05) is 19.9 Å². The molecule has 0 aliphatic rings. The number of benzene rings is 1. The summed E-state index contributed by atoms with van der Waals surface area (Å²) in [7, 11) is 0. The number of anilines is 2. The van der Waals surface area contributed by atoms with Gasteiger partial charge in [-0.15, -0.1) is 0 Å². The molecule has 27 heavy (non-hydrogen) atoms. The lowest BCUT2D eigenvalue weighted by atomic mass is 10.0. The van der Waals surface area contributed by atoms with Gasteiger partial charge < -0.3 is 31.5 Å². The van der Waals surface area contributed by atoms with Crippen molar-refractivity contribution in [3.8, 4) is 0 Å². The third-order valence-corrected chi connectivity index (χ3v) is 4.83. The predicted molar refractivity (Wildman–Crippen MR) is 107 cm³/mol. The molecule has 0 radical (unpaired) electrons. The zero-order valence-electron chi connectivity index (χ0n) is 16.8. The smallest absolute Gasteiger partial charge is 0.319 e. The molecule has 2 atom stereocenters. The van der Waals surface area contributed by atoms with Crippen LogP contribution in [0.5, 0.6) is 0 Å². The lowest BCUT2D eigenvalue weighted by molar-refractivity contribution is 0.172. The Morgan fingerprint density at radius 2 is 1.41 bits per heavy atom. The monoisotopic (exact) mass is 380 g/mol. The van der Waals surface area contributed by atoms with Crippen molar-refractivity contribution >= 4 is 23.4 Å². The summed E-state index contributed by atoms with van der Waals surface area (Å²) in [4.78, 5) is 24.4. The molecule has 0 aliphatic heterocycles. The van der Waals surface area contributed by atoms with Gasteiger partial charge in [0.2, 0.25) is 0 Å². The third kappa shape index (κ3) is 6.73. The number of aryl methyl sites for hydroxylation is 1. The standard InChI is InChI=1S/C19H32N4O4/c1-6-18(4,11-24)22-16(26)20-14-9-8-13(3)15(10-14)21-17(27)23-19(5,7-2)12-25/h8-10,24-25H,6-7,11-12H2,1-5H3,(H2,20,22,26)(H2,21,23,27)/t18-,19-/m1/s1. The van der Waals surface area contributed by atoms with Crippen molar-refractivity contribution in [2.24, 2.45) is 0 Å². The van der Waals surface area contributed by atoms with Gasteiger partial charge in [-0.2, -0.15) is 0 Å². The Kier molecular flexibility index (Phi) is 8.05. The summed E-state index contributed by atoms with van der Waals surface area (Å²) < 4.78 is 0. The molecule has 0 aromatic heterocycles. The lowest BCUT2D eigenvalue weighted by Gasteiger charge is -2.28. The van der Waals surface area contributed by atoms with Gasteiger partial charge in [-0.05, 0) is 51.3 Å². The first kappa shape index (κ1) is 22.7. The molecule has 1 aromatic carbocycles. The average Bonchev–Trinajstić information content (AvgIpc) is 2.64. The molecular formula is C19H32N4O4. The van der Waals surface area contributed by atoms with E-state index in [-0.39, 0.29) is 13.2 Å². The first-order valence-corrected chi connectivity index (χ1v) is 9.11. The zero-order chi connectivity index (χ0) is 20.7. The molecule has 1 rings (SSSR count). The summed E-state index contributed by atoms with van der Waals surface area (Å²) in [5.41, 5.74) is 0.465. The molecule has 0 saturated heterocycles. The second-order valence-corrected chi connectivity index (χ2v) is 7.33. The SMILES string of the molecule is CC[C@](C)(CO)NC(=O)Nc1ccc(C)c(NC(=O)N[C@](C)(CC)CO)c1. The number of urea groups is 2. The normalized spacial score (nSPS) is 15.2. The summed E-state index contributed by atoms with van der Waals surface area (Å²) in [6, 6.07) is 4.29. The first-order valence-electron chi connectivity index (χ1n) is 9.11. The van der Waals surface area contributed by atoms with Crippen molar-refractivity contribution in [2.75, 3.05) is 23.8 Å². The topological polar surface area (TPSA) is 123 Å². The minimum atomic E-state index is -0.706. The number of hydrogen-bond acceptors (Lipinski definition) is 4. The van der Waals surface area contributed by atoms with Crippen molar-refractivity contribution in [3.05, 3.63) is 23.8 Å². The zero-order valence-corrected chi connectivity index (χ0v) is 16.8. The van der Waals surface area contributed by atoms with Gasteiger partial charge in [0.1, 0.15) is 0 Å². The van der Waals surface area contributed by atoms with E-state index in [1.54, 1.807) is 32.0 Å². The van der Waals surface area contributed by atoms with Crippen LogP contribution in [0.25, 0.3) is 0 Å². The Morgan fingerprint density at radius 3 is 1.85 bits per heavy atom. The number of carbonyl (C=O) groups excluding carboxylic acids is 2. The molecular weight excluding hydrogens is 348 g/mol. The molecule has 8 heteroatoms. The summed E-state index contributed by atoms with van der Waals surface area (Å²) in [6.45, 7) is 8.77. The Bertz CT molecular complexity index is 655. The van der Waals surface area contributed by atoms with Crippen molar-refractivity contribution in [2.45, 2.75) is 58.5 Å². The van der Waals surface area contributed by atoms with Gasteiger partial charge in [0.15, 0.2) is 0 Å². The van der Waals surface area contributed by atoms with Gasteiger partial charge in [-0.25, -0.2) is 9.59 Å². The van der Waals surface area contributed by atoms with E-state index in [0.29, 0.717) is 24.2 Å². The first-order chi connectivity index (χ1) is 12.6. The van der Waals surface area contributed by atoms with E-state index < -0.39 is 23.1 Å². The highest BCUT2D eigenvalue weighted by Gasteiger charge is 2.24. The average molecular weight is 380 g/mol. The van der Waals surface area contributed by atoms with Crippen LogP contribution in [0.4, 0.5) is 21.0 Å². The van der Waals surface area contributed by atoms with Crippen molar-refractivity contribution in [1.82, 2.24) is 10.6 Å². The molecule has 8 nitrogen and oxygen atoms in total. The summed E-state index contributed by atoms with van der Waals surface area (Å²) >= 11 is 0. The van der Waals surface area contributed by atoms with Crippen LogP contribution in [0.15, 0.2) is 18.2 Å². The van der Waals surface area contributed by atoms with Crippen LogP contribution in [-0.2, 0) is 0 Å². The van der Waals surface area contributed by atoms with Gasteiger partial charge in [0, 0.05) is 11.4 Å². The molecule has 0 unspecified atom stereocenters. The molecule has 6 N–H and O–H groups in total. The maximum atomic E-state index is 12.2. The predicted octanol–water partition coefficient (Wildman–Crippen LogP) is 2.56. The number of amides is 4. The van der Waals surface area contributed by atoms with E-state index in [2.05, 4.69) is 21.3 Å². The fourth-order valence-electron chi connectivity index (χ4n) is 2.18. The Balaban J connectivity index is 2.82. The van der Waals surface area contributed by atoms with Crippen molar-refractivity contribution in [1.29, 1.82) is 0 Å². The fourth-order valence-corrected chi connectivity index (χ4v) is 2.18. The second-order valence-electron chi connectivity index (χ2n) is 7.33. The number of aliphatic hydroxyl groups is 2. The quantitative estimate of drug-likeness (QED) is 0.415. The van der Waals surface area contributed by atoms with E-state index in [4.69, 9.17) is 0 Å². The molecule has 0 fully saturated rings. The molecule has 152 valence electrons. The van der Waals surface area contributed by atoms with Crippen LogP contribution in [0.1, 0.15) is 46.1 Å². The maximum absolute atomic E-state index is 12.2. The van der Waals surface area contributed by atoms with Crippen LogP contribution in [0.3, 0.4) is 0 Å². The van der Waals surface area contributed by atoms with Crippen molar-refractivity contribution in [3.63, 3.8) is 0 Å². The van der Waals surface area contributed by atoms with Crippen molar-refractivity contribution < 1.29 is 19.8 Å². The second kappa shape index (κ2) is 9.57.